The lowest BCUT2D eigenvalue weighted by atomic mass is 10.1. The van der Waals surface area contributed by atoms with E-state index in [2.05, 4.69) is 0 Å². The molecule has 0 saturated carbocycles. The maximum Gasteiger partial charge on any atom is 0.309 e. The van der Waals surface area contributed by atoms with Gasteiger partial charge in [0, 0.05) is 11.1 Å². The third kappa shape index (κ3) is 1.88. The molecule has 1 aromatic carbocycles. The summed E-state index contributed by atoms with van der Waals surface area (Å²) in [6.07, 6.45) is -1.41. The zero-order valence-electron chi connectivity index (χ0n) is 9.97. The summed E-state index contributed by atoms with van der Waals surface area (Å²) in [4.78, 5) is 35.2. The number of carbonyl (C=O) groups is 3. The van der Waals surface area contributed by atoms with Crippen LogP contribution in [0.25, 0.3) is 0 Å². The zero-order valence-corrected chi connectivity index (χ0v) is 9.97. The van der Waals surface area contributed by atoms with Crippen LogP contribution in [0.2, 0.25) is 0 Å². The van der Waals surface area contributed by atoms with Gasteiger partial charge in [-0.15, -0.1) is 0 Å². The number of phenolic OH excluding ortho intramolecular Hbond substituents is 1. The molecule has 5 nitrogen and oxygen atoms in total. The summed E-state index contributed by atoms with van der Waals surface area (Å²) in [6.45, 7) is 3.23. The van der Waals surface area contributed by atoms with Gasteiger partial charge in [-0.3, -0.25) is 14.4 Å². The minimum Gasteiger partial charge on any atom is -0.508 e. The van der Waals surface area contributed by atoms with Crippen LogP contribution in [0, 0.1) is 5.92 Å². The predicted octanol–water partition coefficient (Wildman–Crippen LogP) is 1.34. The summed E-state index contributed by atoms with van der Waals surface area (Å²) >= 11 is 0. The van der Waals surface area contributed by atoms with Crippen molar-refractivity contribution in [2.24, 2.45) is 5.92 Å². The van der Waals surface area contributed by atoms with Gasteiger partial charge < -0.3 is 9.84 Å². The van der Waals surface area contributed by atoms with Crippen LogP contribution in [-0.4, -0.2) is 28.7 Å². The van der Waals surface area contributed by atoms with Crippen molar-refractivity contribution in [3.8, 4) is 5.75 Å². The normalized spacial score (nSPS) is 18.1. The molecule has 1 atom stereocenters. The number of carbonyl (C=O) groups excluding carboxylic acids is 3. The van der Waals surface area contributed by atoms with E-state index in [-0.39, 0.29) is 16.9 Å². The fraction of sp³-hybridized carbons (Fsp3) is 0.308. The number of fused-ring (bicyclic) bond motifs is 1. The first-order chi connectivity index (χ1) is 8.41. The molecule has 1 aromatic rings. The summed E-state index contributed by atoms with van der Waals surface area (Å²) in [5.41, 5.74) is 0.279. The minimum atomic E-state index is -1.41. The molecule has 1 unspecified atom stereocenters. The van der Waals surface area contributed by atoms with Crippen LogP contribution in [0.4, 0.5) is 0 Å². The van der Waals surface area contributed by atoms with Crippen molar-refractivity contribution in [2.45, 2.75) is 20.0 Å². The molecule has 94 valence electrons. The lowest BCUT2D eigenvalue weighted by Crippen LogP contribution is -2.30. The molecule has 0 fully saturated rings. The molecule has 1 aliphatic rings. The second-order valence-electron chi connectivity index (χ2n) is 4.43. The van der Waals surface area contributed by atoms with Gasteiger partial charge in [0.2, 0.25) is 17.7 Å². The van der Waals surface area contributed by atoms with Crippen molar-refractivity contribution in [3.63, 3.8) is 0 Å². The number of ketones is 2. The van der Waals surface area contributed by atoms with E-state index >= 15 is 0 Å². The molecule has 0 aliphatic heterocycles. The number of Topliss-reactive ketones (excluding diaryl/α,β-unsaturated/α-hetero) is 2. The Labute approximate surface area is 103 Å². The van der Waals surface area contributed by atoms with Gasteiger partial charge in [0.15, 0.2) is 0 Å². The fourth-order valence-electron chi connectivity index (χ4n) is 1.71. The van der Waals surface area contributed by atoms with E-state index in [0.717, 1.165) is 0 Å². The molecule has 0 radical (unpaired) electrons. The summed E-state index contributed by atoms with van der Waals surface area (Å²) < 4.78 is 4.90. The second kappa shape index (κ2) is 4.25. The van der Waals surface area contributed by atoms with E-state index in [1.54, 1.807) is 13.8 Å². The molecule has 1 aliphatic carbocycles. The average molecular weight is 248 g/mol. The van der Waals surface area contributed by atoms with E-state index in [1.165, 1.54) is 18.2 Å². The highest BCUT2D eigenvalue weighted by Gasteiger charge is 2.41. The molecule has 0 heterocycles. The third-order valence-corrected chi connectivity index (χ3v) is 2.72. The first kappa shape index (κ1) is 12.3. The van der Waals surface area contributed by atoms with Gasteiger partial charge in [-0.2, -0.15) is 0 Å². The number of phenols is 1. The Morgan fingerprint density at radius 1 is 1.22 bits per heavy atom. The molecule has 0 saturated heterocycles. The van der Waals surface area contributed by atoms with Gasteiger partial charge in [0.25, 0.3) is 0 Å². The molecule has 2 rings (SSSR count). The fourth-order valence-corrected chi connectivity index (χ4v) is 1.71. The molecule has 1 N–H and O–H groups in total. The molecule has 18 heavy (non-hydrogen) atoms. The van der Waals surface area contributed by atoms with Crippen molar-refractivity contribution in [3.05, 3.63) is 29.3 Å². The minimum absolute atomic E-state index is 0.0987. The predicted molar refractivity (Wildman–Crippen MR) is 61.5 cm³/mol. The first-order valence-corrected chi connectivity index (χ1v) is 5.53. The Bertz CT molecular complexity index is 544. The highest BCUT2D eigenvalue weighted by molar-refractivity contribution is 6.29. The average Bonchev–Trinajstić information content (AvgIpc) is 2.54. The smallest absolute Gasteiger partial charge is 0.309 e. The highest BCUT2D eigenvalue weighted by atomic mass is 16.6. The lowest BCUT2D eigenvalue weighted by Gasteiger charge is -2.10. The van der Waals surface area contributed by atoms with Crippen LogP contribution in [0.1, 0.15) is 34.6 Å². The molecule has 5 heteroatoms. The number of rotatable bonds is 2. The van der Waals surface area contributed by atoms with Crippen molar-refractivity contribution in [2.75, 3.05) is 0 Å². The largest absolute Gasteiger partial charge is 0.508 e. The zero-order chi connectivity index (χ0) is 13.4. The maximum atomic E-state index is 11.9. The van der Waals surface area contributed by atoms with Crippen LogP contribution >= 0.6 is 0 Å². The van der Waals surface area contributed by atoms with Crippen LogP contribution in [-0.2, 0) is 9.53 Å². The summed E-state index contributed by atoms with van der Waals surface area (Å²) in [5, 5.41) is 9.29. The van der Waals surface area contributed by atoms with Gasteiger partial charge in [0.05, 0.1) is 5.92 Å². The van der Waals surface area contributed by atoms with Gasteiger partial charge in [-0.25, -0.2) is 0 Å². The van der Waals surface area contributed by atoms with Crippen LogP contribution < -0.4 is 0 Å². The van der Waals surface area contributed by atoms with E-state index in [4.69, 9.17) is 4.74 Å². The van der Waals surface area contributed by atoms with Crippen LogP contribution in [0.3, 0.4) is 0 Å². The Morgan fingerprint density at radius 2 is 1.83 bits per heavy atom. The molecule has 0 spiro atoms. The maximum absolute atomic E-state index is 11.9. The lowest BCUT2D eigenvalue weighted by molar-refractivity contribution is -0.148. The molecule has 0 amide bonds. The highest BCUT2D eigenvalue weighted by Crippen LogP contribution is 2.27. The number of hydrogen-bond donors (Lipinski definition) is 1. The number of benzene rings is 1. The van der Waals surface area contributed by atoms with Gasteiger partial charge >= 0.3 is 5.97 Å². The number of hydrogen-bond acceptors (Lipinski definition) is 5. The van der Waals surface area contributed by atoms with Crippen LogP contribution in [0.15, 0.2) is 18.2 Å². The SMILES string of the molecule is CC(C)C(=O)OC1C(=O)c2ccc(O)cc2C1=O. The van der Waals surface area contributed by atoms with E-state index in [1.807, 2.05) is 0 Å². The first-order valence-electron chi connectivity index (χ1n) is 5.53. The quantitative estimate of drug-likeness (QED) is 0.631. The number of ether oxygens (including phenoxy) is 1. The van der Waals surface area contributed by atoms with Crippen LogP contribution in [0.5, 0.6) is 5.75 Å². The Morgan fingerprint density at radius 3 is 2.44 bits per heavy atom. The Balaban J connectivity index is 2.31. The van der Waals surface area contributed by atoms with Crippen molar-refractivity contribution in [1.29, 1.82) is 0 Å². The van der Waals surface area contributed by atoms with E-state index < -0.39 is 29.6 Å². The summed E-state index contributed by atoms with van der Waals surface area (Å²) in [7, 11) is 0. The van der Waals surface area contributed by atoms with Crippen molar-refractivity contribution in [1.82, 2.24) is 0 Å². The van der Waals surface area contributed by atoms with Gasteiger partial charge in [-0.1, -0.05) is 13.8 Å². The summed E-state index contributed by atoms with van der Waals surface area (Å²) in [6, 6.07) is 3.88. The Hall–Kier alpha value is -2.17. The topological polar surface area (TPSA) is 80.7 Å². The molecule has 0 bridgehead atoms. The third-order valence-electron chi connectivity index (χ3n) is 2.72. The monoisotopic (exact) mass is 248 g/mol. The second-order valence-corrected chi connectivity index (χ2v) is 4.43. The number of aromatic hydroxyl groups is 1. The summed E-state index contributed by atoms with van der Waals surface area (Å²) in [5.74, 6) is -2.24. The van der Waals surface area contributed by atoms with E-state index in [0.29, 0.717) is 0 Å². The van der Waals surface area contributed by atoms with Crippen molar-refractivity contribution >= 4 is 17.5 Å². The number of esters is 1. The van der Waals surface area contributed by atoms with E-state index in [9.17, 15) is 19.5 Å². The van der Waals surface area contributed by atoms with Gasteiger partial charge in [0.1, 0.15) is 5.75 Å². The molecular formula is C13H12O5. The van der Waals surface area contributed by atoms with Crippen molar-refractivity contribution < 1.29 is 24.2 Å². The Kier molecular flexibility index (Phi) is 2.90. The standard InChI is InChI=1S/C13H12O5/c1-6(2)13(17)18-12-10(15)8-4-3-7(14)5-9(8)11(12)16/h3-6,12,14H,1-2H3. The molecular weight excluding hydrogens is 236 g/mol. The van der Waals surface area contributed by atoms with Gasteiger partial charge in [-0.05, 0) is 18.2 Å². The molecule has 0 aromatic heterocycles.